The Labute approximate surface area is 179 Å². The Hall–Kier alpha value is -1.37. The van der Waals surface area contributed by atoms with Crippen molar-refractivity contribution in [3.05, 3.63) is 30.2 Å². The van der Waals surface area contributed by atoms with Crippen molar-refractivity contribution in [2.75, 3.05) is 26.2 Å². The van der Waals surface area contributed by atoms with Crippen LogP contribution in [0.1, 0.15) is 50.8 Å². The molecule has 2 fully saturated rings. The number of likely N-dealkylation sites (tertiary alicyclic amines) is 1. The quantitative estimate of drug-likeness (QED) is 0.812. The van der Waals surface area contributed by atoms with Crippen molar-refractivity contribution in [1.29, 1.82) is 0 Å². The fourth-order valence-corrected chi connectivity index (χ4v) is 4.54. The molecule has 2 atom stereocenters. The number of rotatable bonds is 4. The molecule has 2 aliphatic rings. The molecule has 0 bridgehead atoms. The zero-order valence-corrected chi connectivity index (χ0v) is 18.1. The van der Waals surface area contributed by atoms with E-state index in [-0.39, 0.29) is 30.7 Å². The lowest BCUT2D eigenvalue weighted by molar-refractivity contribution is -0.133. The summed E-state index contributed by atoms with van der Waals surface area (Å²) in [5.41, 5.74) is 0.880. The Morgan fingerprint density at radius 1 is 1.21 bits per heavy atom. The van der Waals surface area contributed by atoms with Crippen LogP contribution in [0.25, 0.3) is 5.65 Å². The summed E-state index contributed by atoms with van der Waals surface area (Å²) < 4.78 is 2.07. The number of hydrogen-bond donors (Lipinski definition) is 1. The van der Waals surface area contributed by atoms with E-state index >= 15 is 0 Å². The largest absolute Gasteiger partial charge is 0.342 e. The van der Waals surface area contributed by atoms with E-state index in [4.69, 9.17) is 0 Å². The number of carbonyl (C=O) groups excluding carboxylic acids is 1. The van der Waals surface area contributed by atoms with Crippen LogP contribution < -0.4 is 5.32 Å². The van der Waals surface area contributed by atoms with Crippen LogP contribution in [0.5, 0.6) is 0 Å². The van der Waals surface area contributed by atoms with Gasteiger partial charge in [-0.3, -0.25) is 9.20 Å². The lowest BCUT2D eigenvalue weighted by Crippen LogP contribution is -2.41. The number of carbonyl (C=O) groups is 1. The molecule has 4 rings (SSSR count). The Morgan fingerprint density at radius 3 is 2.79 bits per heavy atom. The van der Waals surface area contributed by atoms with Gasteiger partial charge in [-0.05, 0) is 62.7 Å². The first-order valence-corrected chi connectivity index (χ1v) is 10.0. The Balaban J connectivity index is 0.00000140. The standard InChI is InChI=1S/C20H29N5O.2ClH/c1-15(16-7-9-21-10-8-16)13-19(26)24-11-4-5-17(14-24)20-23-22-18-6-2-3-12-25(18)20;;/h2-3,6,12,15-17,21H,4-5,7-11,13-14H2,1H3;2*1H. The molecule has 0 aliphatic carbocycles. The lowest BCUT2D eigenvalue weighted by atomic mass is 9.83. The molecule has 2 saturated heterocycles. The molecule has 0 radical (unpaired) electrons. The van der Waals surface area contributed by atoms with Gasteiger partial charge in [0, 0.05) is 31.6 Å². The van der Waals surface area contributed by atoms with Gasteiger partial charge in [0.15, 0.2) is 5.65 Å². The third-order valence-electron chi connectivity index (χ3n) is 6.16. The molecular weight excluding hydrogens is 397 g/mol. The van der Waals surface area contributed by atoms with Crippen LogP contribution in [0, 0.1) is 11.8 Å². The van der Waals surface area contributed by atoms with Crippen molar-refractivity contribution < 1.29 is 4.79 Å². The maximum atomic E-state index is 12.9. The van der Waals surface area contributed by atoms with Gasteiger partial charge in [0.05, 0.1) is 0 Å². The second-order valence-corrected chi connectivity index (χ2v) is 7.93. The molecule has 28 heavy (non-hydrogen) atoms. The van der Waals surface area contributed by atoms with Gasteiger partial charge in [-0.25, -0.2) is 0 Å². The SMILES string of the molecule is CC(CC(=O)N1CCCC(c2nnc3ccccn23)C1)C1CCNCC1.Cl.Cl. The maximum absolute atomic E-state index is 12.9. The highest BCUT2D eigenvalue weighted by Gasteiger charge is 2.30. The van der Waals surface area contributed by atoms with Gasteiger partial charge in [0.2, 0.25) is 5.91 Å². The molecule has 2 aliphatic heterocycles. The zero-order chi connectivity index (χ0) is 17.9. The smallest absolute Gasteiger partial charge is 0.222 e. The first-order valence-electron chi connectivity index (χ1n) is 10.0. The molecule has 6 nitrogen and oxygen atoms in total. The third-order valence-corrected chi connectivity index (χ3v) is 6.16. The van der Waals surface area contributed by atoms with E-state index in [0.29, 0.717) is 24.2 Å². The Kier molecular flexibility index (Phi) is 8.53. The summed E-state index contributed by atoms with van der Waals surface area (Å²) >= 11 is 0. The molecule has 1 N–H and O–H groups in total. The van der Waals surface area contributed by atoms with Crippen LogP contribution in [0.3, 0.4) is 0 Å². The van der Waals surface area contributed by atoms with Crippen molar-refractivity contribution >= 4 is 36.4 Å². The van der Waals surface area contributed by atoms with E-state index in [0.717, 1.165) is 50.5 Å². The lowest BCUT2D eigenvalue weighted by Gasteiger charge is -2.34. The van der Waals surface area contributed by atoms with E-state index in [1.54, 1.807) is 0 Å². The van der Waals surface area contributed by atoms with Crippen LogP contribution in [0.4, 0.5) is 0 Å². The fourth-order valence-electron chi connectivity index (χ4n) is 4.54. The van der Waals surface area contributed by atoms with Crippen molar-refractivity contribution in [2.24, 2.45) is 11.8 Å². The minimum Gasteiger partial charge on any atom is -0.342 e. The molecule has 4 heterocycles. The molecule has 0 spiro atoms. The van der Waals surface area contributed by atoms with E-state index < -0.39 is 0 Å². The molecule has 8 heteroatoms. The second kappa shape index (κ2) is 10.4. The molecule has 2 unspecified atom stereocenters. The maximum Gasteiger partial charge on any atom is 0.222 e. The number of aromatic nitrogens is 3. The normalized spacial score (nSPS) is 21.6. The van der Waals surface area contributed by atoms with Crippen LogP contribution >= 0.6 is 24.8 Å². The zero-order valence-electron chi connectivity index (χ0n) is 16.4. The highest BCUT2D eigenvalue weighted by Crippen LogP contribution is 2.29. The molecule has 0 aromatic carbocycles. The summed E-state index contributed by atoms with van der Waals surface area (Å²) in [6, 6.07) is 5.96. The van der Waals surface area contributed by atoms with E-state index in [2.05, 4.69) is 31.7 Å². The molecule has 156 valence electrons. The predicted octanol–water partition coefficient (Wildman–Crippen LogP) is 3.30. The summed E-state index contributed by atoms with van der Waals surface area (Å²) in [5.74, 6) is 2.73. The van der Waals surface area contributed by atoms with Gasteiger partial charge in [-0.1, -0.05) is 13.0 Å². The topological polar surface area (TPSA) is 62.5 Å². The molecule has 0 saturated carbocycles. The van der Waals surface area contributed by atoms with E-state index in [1.165, 1.54) is 12.8 Å². The van der Waals surface area contributed by atoms with Crippen molar-refractivity contribution in [3.8, 4) is 0 Å². The van der Waals surface area contributed by atoms with Crippen LogP contribution in [0.2, 0.25) is 0 Å². The minimum absolute atomic E-state index is 0. The van der Waals surface area contributed by atoms with E-state index in [1.807, 2.05) is 24.4 Å². The van der Waals surface area contributed by atoms with E-state index in [9.17, 15) is 4.79 Å². The highest BCUT2D eigenvalue weighted by atomic mass is 35.5. The average Bonchev–Trinajstić information content (AvgIpc) is 3.13. The Bertz CT molecular complexity index is 762. The van der Waals surface area contributed by atoms with Crippen LogP contribution in [0.15, 0.2) is 24.4 Å². The average molecular weight is 428 g/mol. The fraction of sp³-hybridized carbons (Fsp3) is 0.650. The van der Waals surface area contributed by atoms with Crippen LogP contribution in [-0.4, -0.2) is 51.6 Å². The summed E-state index contributed by atoms with van der Waals surface area (Å²) in [5, 5.41) is 12.1. The molecule has 2 aromatic heterocycles. The summed E-state index contributed by atoms with van der Waals surface area (Å²) in [7, 11) is 0. The van der Waals surface area contributed by atoms with Gasteiger partial charge in [-0.2, -0.15) is 0 Å². The third kappa shape index (κ3) is 4.97. The molecule has 1 amide bonds. The number of hydrogen-bond acceptors (Lipinski definition) is 4. The summed E-state index contributed by atoms with van der Waals surface area (Å²) in [6.45, 7) is 6.09. The van der Waals surface area contributed by atoms with Crippen molar-refractivity contribution in [3.63, 3.8) is 0 Å². The van der Waals surface area contributed by atoms with Gasteiger partial charge in [-0.15, -0.1) is 35.0 Å². The molecular formula is C20H31Cl2N5O. The first-order chi connectivity index (χ1) is 12.7. The highest BCUT2D eigenvalue weighted by molar-refractivity contribution is 5.85. The first kappa shape index (κ1) is 22.9. The van der Waals surface area contributed by atoms with Gasteiger partial charge < -0.3 is 10.2 Å². The molecule has 2 aromatic rings. The number of halogens is 2. The Morgan fingerprint density at radius 2 is 2.00 bits per heavy atom. The van der Waals surface area contributed by atoms with Gasteiger partial charge in [0.1, 0.15) is 5.82 Å². The van der Waals surface area contributed by atoms with Crippen LogP contribution in [-0.2, 0) is 4.79 Å². The second-order valence-electron chi connectivity index (χ2n) is 7.93. The van der Waals surface area contributed by atoms with Gasteiger partial charge in [0.25, 0.3) is 0 Å². The minimum atomic E-state index is 0. The summed E-state index contributed by atoms with van der Waals surface area (Å²) in [4.78, 5) is 15.0. The number of amides is 1. The van der Waals surface area contributed by atoms with Crippen molar-refractivity contribution in [2.45, 2.75) is 44.9 Å². The number of piperidine rings is 2. The predicted molar refractivity (Wildman–Crippen MR) is 115 cm³/mol. The number of pyridine rings is 1. The summed E-state index contributed by atoms with van der Waals surface area (Å²) in [6.07, 6.45) is 7.21. The monoisotopic (exact) mass is 427 g/mol. The number of nitrogens with one attached hydrogen (secondary N) is 1. The number of nitrogens with zero attached hydrogens (tertiary/aromatic N) is 4. The van der Waals surface area contributed by atoms with Gasteiger partial charge >= 0.3 is 0 Å². The van der Waals surface area contributed by atoms with Crippen molar-refractivity contribution in [1.82, 2.24) is 24.8 Å². The number of fused-ring (bicyclic) bond motifs is 1.